The number of nitrogens with zero attached hydrogens (tertiary/aromatic N) is 3. The second kappa shape index (κ2) is 5.21. The maximum Gasteiger partial charge on any atom is 0.257 e. The van der Waals surface area contributed by atoms with E-state index in [2.05, 4.69) is 27.0 Å². The molecule has 0 radical (unpaired) electrons. The number of carbonyl (C=O) groups is 1. The highest BCUT2D eigenvalue weighted by Gasteiger charge is 2.31. The predicted octanol–water partition coefficient (Wildman–Crippen LogP) is 3.57. The molecule has 0 unspecified atom stereocenters. The molecule has 0 saturated carbocycles. The molecule has 1 saturated heterocycles. The molecule has 0 N–H and O–H groups in total. The van der Waals surface area contributed by atoms with Gasteiger partial charge in [0.15, 0.2) is 0 Å². The highest BCUT2D eigenvalue weighted by Crippen LogP contribution is 2.34. The summed E-state index contributed by atoms with van der Waals surface area (Å²) in [5, 5.41) is 8.88. The topological polar surface area (TPSA) is 59.2 Å². The Morgan fingerprint density at radius 1 is 1.50 bits per heavy atom. The predicted molar refractivity (Wildman–Crippen MR) is 83.9 cm³/mol. The second-order valence-corrected chi connectivity index (χ2v) is 6.34. The van der Waals surface area contributed by atoms with Crippen LogP contribution in [-0.4, -0.2) is 27.5 Å². The van der Waals surface area contributed by atoms with Crippen LogP contribution < -0.4 is 0 Å². The zero-order chi connectivity index (χ0) is 15.1. The third kappa shape index (κ3) is 2.11. The van der Waals surface area contributed by atoms with E-state index >= 15 is 0 Å². The molecular weight excluding hydrogens is 298 g/mol. The van der Waals surface area contributed by atoms with Crippen LogP contribution >= 0.6 is 11.3 Å². The molecule has 5 nitrogen and oxygen atoms in total. The van der Waals surface area contributed by atoms with E-state index in [1.54, 1.807) is 17.5 Å². The lowest BCUT2D eigenvalue weighted by Gasteiger charge is -2.24. The van der Waals surface area contributed by atoms with Crippen molar-refractivity contribution in [3.8, 4) is 0 Å². The summed E-state index contributed by atoms with van der Waals surface area (Å²) in [4.78, 5) is 19.0. The maximum absolute atomic E-state index is 12.9. The van der Waals surface area contributed by atoms with Gasteiger partial charge >= 0.3 is 0 Å². The third-order valence-corrected chi connectivity index (χ3v) is 4.90. The fourth-order valence-electron chi connectivity index (χ4n) is 3.05. The van der Waals surface area contributed by atoms with Crippen molar-refractivity contribution in [3.63, 3.8) is 0 Å². The lowest BCUT2D eigenvalue weighted by Crippen LogP contribution is -2.30. The minimum absolute atomic E-state index is 0.0312. The Morgan fingerprint density at radius 3 is 3.23 bits per heavy atom. The SMILES string of the molecule is Cc1noc2ncc(C(=O)N3CCC[C@H]3c3ccsc3)cc12. The first-order valence-corrected chi connectivity index (χ1v) is 8.23. The van der Waals surface area contributed by atoms with E-state index < -0.39 is 0 Å². The Kier molecular flexibility index (Phi) is 3.18. The van der Waals surface area contributed by atoms with Gasteiger partial charge in [-0.3, -0.25) is 4.79 Å². The molecule has 0 bridgehead atoms. The average molecular weight is 313 g/mol. The Morgan fingerprint density at radius 2 is 2.41 bits per heavy atom. The van der Waals surface area contributed by atoms with Gasteiger partial charge in [0.1, 0.15) is 0 Å². The number of rotatable bonds is 2. The van der Waals surface area contributed by atoms with E-state index in [0.29, 0.717) is 11.3 Å². The van der Waals surface area contributed by atoms with Crippen molar-refractivity contribution >= 4 is 28.3 Å². The van der Waals surface area contributed by atoms with Crippen molar-refractivity contribution in [2.75, 3.05) is 6.54 Å². The van der Waals surface area contributed by atoms with E-state index in [4.69, 9.17) is 4.52 Å². The molecule has 0 spiro atoms. The lowest BCUT2D eigenvalue weighted by molar-refractivity contribution is 0.0735. The molecule has 1 aliphatic heterocycles. The van der Waals surface area contributed by atoms with Gasteiger partial charge in [0.05, 0.1) is 22.7 Å². The van der Waals surface area contributed by atoms with Crippen molar-refractivity contribution in [3.05, 3.63) is 45.9 Å². The number of pyridine rings is 1. The van der Waals surface area contributed by atoms with Crippen molar-refractivity contribution in [1.82, 2.24) is 15.0 Å². The number of likely N-dealkylation sites (tertiary alicyclic amines) is 1. The standard InChI is InChI=1S/C16H15N3O2S/c1-10-13-7-12(8-17-15(13)21-18-10)16(20)19-5-2-3-14(19)11-4-6-22-9-11/h4,6-9,14H,2-3,5H2,1H3/t14-/m0/s1. The van der Waals surface area contributed by atoms with E-state index in [9.17, 15) is 4.79 Å². The van der Waals surface area contributed by atoms with Crippen LogP contribution in [0.4, 0.5) is 0 Å². The van der Waals surface area contributed by atoms with Crippen molar-refractivity contribution in [1.29, 1.82) is 0 Å². The molecule has 6 heteroatoms. The Balaban J connectivity index is 1.68. The number of hydrogen-bond acceptors (Lipinski definition) is 5. The van der Waals surface area contributed by atoms with Crippen molar-refractivity contribution in [2.45, 2.75) is 25.8 Å². The summed E-state index contributed by atoms with van der Waals surface area (Å²) >= 11 is 1.67. The number of amides is 1. The molecule has 1 fully saturated rings. The smallest absolute Gasteiger partial charge is 0.257 e. The molecule has 22 heavy (non-hydrogen) atoms. The molecule has 1 atom stereocenters. The van der Waals surface area contributed by atoms with Crippen molar-refractivity contribution in [2.24, 2.45) is 0 Å². The van der Waals surface area contributed by atoms with Gasteiger partial charge < -0.3 is 9.42 Å². The monoisotopic (exact) mass is 313 g/mol. The Labute approximate surface area is 131 Å². The number of fused-ring (bicyclic) bond motifs is 1. The summed E-state index contributed by atoms with van der Waals surface area (Å²) in [7, 11) is 0. The Bertz CT molecular complexity index is 825. The molecule has 0 aliphatic carbocycles. The zero-order valence-corrected chi connectivity index (χ0v) is 13.0. The van der Waals surface area contributed by atoms with Crippen LogP contribution in [0.1, 0.15) is 40.5 Å². The zero-order valence-electron chi connectivity index (χ0n) is 12.2. The van der Waals surface area contributed by atoms with Gasteiger partial charge in [-0.15, -0.1) is 0 Å². The number of aryl methyl sites for hydroxylation is 1. The quantitative estimate of drug-likeness (QED) is 0.725. The van der Waals surface area contributed by atoms with Gasteiger partial charge in [-0.05, 0) is 48.2 Å². The first kappa shape index (κ1) is 13.5. The van der Waals surface area contributed by atoms with Crippen LogP contribution in [0, 0.1) is 6.92 Å². The molecule has 0 aromatic carbocycles. The van der Waals surface area contributed by atoms with E-state index in [1.807, 2.05) is 17.9 Å². The third-order valence-electron chi connectivity index (χ3n) is 4.20. The molecule has 1 amide bonds. The van der Waals surface area contributed by atoms with Crippen LogP contribution in [0.25, 0.3) is 11.1 Å². The van der Waals surface area contributed by atoms with Gasteiger partial charge in [-0.2, -0.15) is 11.3 Å². The highest BCUT2D eigenvalue weighted by molar-refractivity contribution is 7.08. The number of aromatic nitrogens is 2. The van der Waals surface area contributed by atoms with Gasteiger partial charge in [0.2, 0.25) is 0 Å². The number of carbonyl (C=O) groups excluding carboxylic acids is 1. The minimum Gasteiger partial charge on any atom is -0.336 e. The average Bonchev–Trinajstić information content (AvgIpc) is 3.26. The molecule has 4 rings (SSSR count). The largest absolute Gasteiger partial charge is 0.336 e. The van der Waals surface area contributed by atoms with Crippen molar-refractivity contribution < 1.29 is 9.32 Å². The molecule has 3 aromatic rings. The molecule has 4 heterocycles. The summed E-state index contributed by atoms with van der Waals surface area (Å²) in [6.45, 7) is 2.64. The van der Waals surface area contributed by atoms with Gasteiger partial charge in [-0.25, -0.2) is 4.98 Å². The van der Waals surface area contributed by atoms with Gasteiger partial charge in [-0.1, -0.05) is 5.16 Å². The number of hydrogen-bond donors (Lipinski definition) is 0. The van der Waals surface area contributed by atoms with Crippen LogP contribution in [0.3, 0.4) is 0 Å². The van der Waals surface area contributed by atoms with Crippen LogP contribution in [-0.2, 0) is 0 Å². The number of thiophene rings is 1. The van der Waals surface area contributed by atoms with E-state index in [-0.39, 0.29) is 11.9 Å². The molecule has 112 valence electrons. The minimum atomic E-state index is 0.0312. The van der Waals surface area contributed by atoms with Gasteiger partial charge in [0, 0.05) is 12.7 Å². The van der Waals surface area contributed by atoms with E-state index in [1.165, 1.54) is 5.56 Å². The Hall–Kier alpha value is -2.21. The van der Waals surface area contributed by atoms with E-state index in [0.717, 1.165) is 30.5 Å². The fraction of sp³-hybridized carbons (Fsp3) is 0.312. The van der Waals surface area contributed by atoms with Crippen LogP contribution in [0.5, 0.6) is 0 Å². The lowest BCUT2D eigenvalue weighted by atomic mass is 10.1. The first-order valence-electron chi connectivity index (χ1n) is 7.29. The molecule has 1 aliphatic rings. The normalized spacial score (nSPS) is 18.2. The van der Waals surface area contributed by atoms with Crippen LogP contribution in [0.15, 0.2) is 33.6 Å². The maximum atomic E-state index is 12.9. The highest BCUT2D eigenvalue weighted by atomic mass is 32.1. The molecular formula is C16H15N3O2S. The second-order valence-electron chi connectivity index (χ2n) is 5.56. The summed E-state index contributed by atoms with van der Waals surface area (Å²) < 4.78 is 5.10. The fourth-order valence-corrected chi connectivity index (χ4v) is 3.76. The summed E-state index contributed by atoms with van der Waals surface area (Å²) in [6.07, 6.45) is 3.64. The first-order chi connectivity index (χ1) is 10.7. The summed E-state index contributed by atoms with van der Waals surface area (Å²) in [6, 6.07) is 4.12. The van der Waals surface area contributed by atoms with Crippen LogP contribution in [0.2, 0.25) is 0 Å². The van der Waals surface area contributed by atoms with Gasteiger partial charge in [0.25, 0.3) is 11.6 Å². The molecule has 3 aromatic heterocycles. The summed E-state index contributed by atoms with van der Waals surface area (Å²) in [5.41, 5.74) is 3.06. The summed E-state index contributed by atoms with van der Waals surface area (Å²) in [5.74, 6) is 0.0312.